The van der Waals surface area contributed by atoms with E-state index in [1.807, 2.05) is 11.9 Å². The smallest absolute Gasteiger partial charge is 0.372 e. The van der Waals surface area contributed by atoms with Gasteiger partial charge >= 0.3 is 11.9 Å². The van der Waals surface area contributed by atoms with Gasteiger partial charge < -0.3 is 19.2 Å². The molecule has 0 aromatic carbocycles. The molecular formula is C11H13NO4. The van der Waals surface area contributed by atoms with Crippen LogP contribution in [0.2, 0.25) is 0 Å². The van der Waals surface area contributed by atoms with Crippen molar-refractivity contribution in [1.82, 2.24) is 0 Å². The Kier molecular flexibility index (Phi) is 1.89. The summed E-state index contributed by atoms with van der Waals surface area (Å²) >= 11 is 0. The highest BCUT2D eigenvalue weighted by Crippen LogP contribution is 2.42. The zero-order valence-electron chi connectivity index (χ0n) is 8.97. The number of ether oxygens (including phenoxy) is 1. The Bertz CT molecular complexity index is 435. The summed E-state index contributed by atoms with van der Waals surface area (Å²) in [5.41, 5.74) is 0.731. The number of anilines is 1. The van der Waals surface area contributed by atoms with Crippen LogP contribution in [0.5, 0.6) is 5.95 Å². The predicted molar refractivity (Wildman–Crippen MR) is 56.1 cm³/mol. The van der Waals surface area contributed by atoms with E-state index in [4.69, 9.17) is 14.3 Å². The minimum Gasteiger partial charge on any atom is -0.475 e. The van der Waals surface area contributed by atoms with Gasteiger partial charge in [0.1, 0.15) is 11.8 Å². The van der Waals surface area contributed by atoms with Crippen LogP contribution in [0.1, 0.15) is 23.4 Å². The second-order valence-electron chi connectivity index (χ2n) is 4.46. The first kappa shape index (κ1) is 9.57. The topological polar surface area (TPSA) is 62.9 Å². The summed E-state index contributed by atoms with van der Waals surface area (Å²) in [7, 11) is 1.93. The van der Waals surface area contributed by atoms with Crippen LogP contribution in [-0.4, -0.2) is 30.8 Å². The van der Waals surface area contributed by atoms with Crippen molar-refractivity contribution in [1.29, 1.82) is 0 Å². The van der Waals surface area contributed by atoms with Crippen LogP contribution < -0.4 is 9.64 Å². The normalized spacial score (nSPS) is 23.8. The van der Waals surface area contributed by atoms with E-state index in [1.165, 1.54) is 18.9 Å². The molecule has 3 rings (SSSR count). The summed E-state index contributed by atoms with van der Waals surface area (Å²) in [5, 5.41) is 8.84. The number of carboxylic acids is 1. The first-order chi connectivity index (χ1) is 7.65. The van der Waals surface area contributed by atoms with E-state index in [0.29, 0.717) is 11.9 Å². The summed E-state index contributed by atoms with van der Waals surface area (Å²) in [6.07, 6.45) is 2.53. The second-order valence-corrected chi connectivity index (χ2v) is 4.46. The van der Waals surface area contributed by atoms with Crippen LogP contribution >= 0.6 is 0 Å². The van der Waals surface area contributed by atoms with Gasteiger partial charge in [0, 0.05) is 13.1 Å². The zero-order valence-corrected chi connectivity index (χ0v) is 8.97. The lowest BCUT2D eigenvalue weighted by molar-refractivity contribution is 0.0641. The van der Waals surface area contributed by atoms with Crippen molar-refractivity contribution in [3.8, 4) is 5.95 Å². The van der Waals surface area contributed by atoms with Gasteiger partial charge in [-0.05, 0) is 18.8 Å². The molecule has 5 nitrogen and oxygen atoms in total. The van der Waals surface area contributed by atoms with Gasteiger partial charge in [0.15, 0.2) is 0 Å². The summed E-state index contributed by atoms with van der Waals surface area (Å²) in [5.74, 6) is -0.167. The fourth-order valence-electron chi connectivity index (χ4n) is 2.08. The molecule has 1 aromatic rings. The molecule has 2 aliphatic rings. The molecule has 0 spiro atoms. The van der Waals surface area contributed by atoms with Crippen LogP contribution in [-0.2, 0) is 0 Å². The quantitative estimate of drug-likeness (QED) is 0.824. The molecule has 1 saturated carbocycles. The van der Waals surface area contributed by atoms with Gasteiger partial charge in [-0.1, -0.05) is 0 Å². The van der Waals surface area contributed by atoms with Gasteiger partial charge in [0.2, 0.25) is 5.76 Å². The Morgan fingerprint density at radius 2 is 2.31 bits per heavy atom. The number of carbonyl (C=O) groups is 1. The van der Waals surface area contributed by atoms with E-state index in [1.54, 1.807) is 0 Å². The van der Waals surface area contributed by atoms with E-state index in [2.05, 4.69) is 0 Å². The van der Waals surface area contributed by atoms with Crippen molar-refractivity contribution in [3.05, 3.63) is 11.8 Å². The van der Waals surface area contributed by atoms with E-state index in [9.17, 15) is 4.79 Å². The Morgan fingerprint density at radius 3 is 2.94 bits per heavy atom. The third kappa shape index (κ3) is 1.43. The number of likely N-dealkylation sites (N-methyl/N-ethyl adjacent to an activating group) is 1. The average Bonchev–Trinajstić information content (AvgIpc) is 2.97. The van der Waals surface area contributed by atoms with Crippen LogP contribution in [0.25, 0.3) is 0 Å². The van der Waals surface area contributed by atoms with Crippen molar-refractivity contribution in [3.63, 3.8) is 0 Å². The molecule has 1 aliphatic carbocycles. The highest BCUT2D eigenvalue weighted by atomic mass is 16.6. The van der Waals surface area contributed by atoms with Crippen LogP contribution in [0.4, 0.5) is 5.69 Å². The summed E-state index contributed by atoms with van der Waals surface area (Å²) < 4.78 is 10.9. The molecule has 16 heavy (non-hydrogen) atoms. The summed E-state index contributed by atoms with van der Waals surface area (Å²) in [4.78, 5) is 12.8. The van der Waals surface area contributed by atoms with E-state index in [-0.39, 0.29) is 11.9 Å². The monoisotopic (exact) mass is 223 g/mol. The van der Waals surface area contributed by atoms with Gasteiger partial charge in [-0.3, -0.25) is 0 Å². The van der Waals surface area contributed by atoms with Gasteiger partial charge in [-0.2, -0.15) is 0 Å². The molecule has 0 amide bonds. The van der Waals surface area contributed by atoms with E-state index in [0.717, 1.165) is 12.2 Å². The van der Waals surface area contributed by atoms with Gasteiger partial charge in [-0.15, -0.1) is 0 Å². The molecule has 86 valence electrons. The first-order valence-electron chi connectivity index (χ1n) is 5.40. The largest absolute Gasteiger partial charge is 0.475 e. The molecule has 0 bridgehead atoms. The van der Waals surface area contributed by atoms with Crippen molar-refractivity contribution in [2.45, 2.75) is 18.9 Å². The lowest BCUT2D eigenvalue weighted by Gasteiger charge is -2.30. The third-order valence-corrected chi connectivity index (χ3v) is 3.16. The highest BCUT2D eigenvalue weighted by Gasteiger charge is 2.38. The molecule has 1 atom stereocenters. The average molecular weight is 223 g/mol. The number of hydrogen-bond acceptors (Lipinski definition) is 4. The molecule has 0 saturated heterocycles. The Hall–Kier alpha value is -1.65. The molecule has 2 heterocycles. The molecular weight excluding hydrogens is 210 g/mol. The van der Waals surface area contributed by atoms with E-state index >= 15 is 0 Å². The first-order valence-corrected chi connectivity index (χ1v) is 5.40. The van der Waals surface area contributed by atoms with E-state index < -0.39 is 5.97 Å². The SMILES string of the molecule is CN1CC(C2CC2)Oc2oc(C(=O)O)cc21. The predicted octanol–water partition coefficient (Wildman–Crippen LogP) is 1.58. The number of nitrogens with zero attached hydrogens (tertiary/aromatic N) is 1. The fourth-order valence-corrected chi connectivity index (χ4v) is 2.08. The summed E-state index contributed by atoms with van der Waals surface area (Å²) in [6.45, 7) is 0.802. The molecule has 1 aliphatic heterocycles. The standard InChI is InChI=1S/C11H13NO4/c1-12-5-9(6-2-3-6)16-11-7(12)4-8(15-11)10(13)14/h4,6,9H,2-3,5H2,1H3,(H,13,14). The summed E-state index contributed by atoms with van der Waals surface area (Å²) in [6, 6.07) is 1.51. The third-order valence-electron chi connectivity index (χ3n) is 3.16. The maximum atomic E-state index is 10.8. The Morgan fingerprint density at radius 1 is 1.56 bits per heavy atom. The van der Waals surface area contributed by atoms with Crippen LogP contribution in [0.3, 0.4) is 0 Å². The van der Waals surface area contributed by atoms with Crippen molar-refractivity contribution < 1.29 is 19.1 Å². The van der Waals surface area contributed by atoms with Crippen LogP contribution in [0, 0.1) is 5.92 Å². The maximum absolute atomic E-state index is 10.8. The molecule has 1 unspecified atom stereocenters. The highest BCUT2D eigenvalue weighted by molar-refractivity contribution is 5.86. The van der Waals surface area contributed by atoms with Gasteiger partial charge in [-0.25, -0.2) is 4.79 Å². The molecule has 0 radical (unpaired) electrons. The van der Waals surface area contributed by atoms with Gasteiger partial charge in [0.25, 0.3) is 0 Å². The Labute approximate surface area is 92.6 Å². The number of fused-ring (bicyclic) bond motifs is 1. The minimum absolute atomic E-state index is 0.0618. The van der Waals surface area contributed by atoms with Crippen molar-refractivity contribution in [2.75, 3.05) is 18.5 Å². The number of furan rings is 1. The van der Waals surface area contributed by atoms with Crippen LogP contribution in [0.15, 0.2) is 10.5 Å². The molecule has 1 aromatic heterocycles. The second kappa shape index (κ2) is 3.17. The molecule has 5 heteroatoms. The lowest BCUT2D eigenvalue weighted by atomic mass is 10.2. The minimum atomic E-state index is -1.06. The van der Waals surface area contributed by atoms with Crippen molar-refractivity contribution in [2.24, 2.45) is 5.92 Å². The maximum Gasteiger partial charge on any atom is 0.372 e. The van der Waals surface area contributed by atoms with Gasteiger partial charge in [0.05, 0.1) is 6.54 Å². The number of rotatable bonds is 2. The number of hydrogen-bond donors (Lipinski definition) is 1. The number of carboxylic acid groups (broad SMARTS) is 1. The fraction of sp³-hybridized carbons (Fsp3) is 0.545. The Balaban J connectivity index is 1.91. The van der Waals surface area contributed by atoms with Crippen molar-refractivity contribution >= 4 is 11.7 Å². The molecule has 1 fully saturated rings. The molecule has 1 N–H and O–H groups in total. The zero-order chi connectivity index (χ0) is 11.3. The lowest BCUT2D eigenvalue weighted by Crippen LogP contribution is -2.38. The number of aromatic carboxylic acids is 1.